The fourth-order valence-corrected chi connectivity index (χ4v) is 1.78. The van der Waals surface area contributed by atoms with Gasteiger partial charge in [0.2, 0.25) is 0 Å². The standard InChI is InChI=1S/C10H18FN/c1-8(2)9(3)5-6-12-7-10(9,4)11/h12H,1,5-7H2,2-4H3. The average Bonchev–Trinajstić information content (AvgIpc) is 1.95. The van der Waals surface area contributed by atoms with Gasteiger partial charge in [0, 0.05) is 12.0 Å². The molecule has 0 aromatic heterocycles. The third kappa shape index (κ3) is 1.28. The number of hydrogen-bond donors (Lipinski definition) is 1. The minimum atomic E-state index is -1.16. The predicted octanol–water partition coefficient (Wildman–Crippen LogP) is 2.29. The summed E-state index contributed by atoms with van der Waals surface area (Å²) in [5.41, 5.74) is -0.552. The quantitative estimate of drug-likeness (QED) is 0.597. The van der Waals surface area contributed by atoms with E-state index >= 15 is 0 Å². The van der Waals surface area contributed by atoms with Crippen LogP contribution >= 0.6 is 0 Å². The minimum Gasteiger partial charge on any atom is -0.313 e. The highest BCUT2D eigenvalue weighted by molar-refractivity contribution is 5.16. The van der Waals surface area contributed by atoms with Crippen molar-refractivity contribution < 1.29 is 4.39 Å². The smallest absolute Gasteiger partial charge is 0.129 e. The van der Waals surface area contributed by atoms with Crippen molar-refractivity contribution >= 4 is 0 Å². The molecule has 0 radical (unpaired) electrons. The molecule has 2 heteroatoms. The van der Waals surface area contributed by atoms with Gasteiger partial charge in [-0.25, -0.2) is 4.39 Å². The molecule has 1 aliphatic heterocycles. The summed E-state index contributed by atoms with van der Waals surface area (Å²) >= 11 is 0. The third-order valence-electron chi connectivity index (χ3n) is 3.35. The second-order valence-electron chi connectivity index (χ2n) is 4.24. The molecule has 2 atom stereocenters. The second-order valence-corrected chi connectivity index (χ2v) is 4.24. The number of halogens is 1. The number of hydrogen-bond acceptors (Lipinski definition) is 1. The largest absolute Gasteiger partial charge is 0.313 e. The maximum absolute atomic E-state index is 14.0. The van der Waals surface area contributed by atoms with E-state index in [1.807, 2.05) is 13.8 Å². The highest BCUT2D eigenvalue weighted by atomic mass is 19.1. The zero-order valence-electron chi connectivity index (χ0n) is 8.21. The molecule has 0 amide bonds. The Labute approximate surface area is 74.0 Å². The lowest BCUT2D eigenvalue weighted by molar-refractivity contribution is 0.0197. The van der Waals surface area contributed by atoms with E-state index in [0.717, 1.165) is 18.5 Å². The Kier molecular flexibility index (Phi) is 2.30. The van der Waals surface area contributed by atoms with E-state index in [9.17, 15) is 4.39 Å². The molecule has 1 rings (SSSR count). The van der Waals surface area contributed by atoms with Gasteiger partial charge in [-0.2, -0.15) is 0 Å². The van der Waals surface area contributed by atoms with E-state index in [1.165, 1.54) is 0 Å². The van der Waals surface area contributed by atoms with Crippen molar-refractivity contribution in [1.82, 2.24) is 5.32 Å². The fraction of sp³-hybridized carbons (Fsp3) is 0.800. The van der Waals surface area contributed by atoms with Crippen molar-refractivity contribution in [1.29, 1.82) is 0 Å². The highest BCUT2D eigenvalue weighted by Gasteiger charge is 2.47. The molecule has 1 nitrogen and oxygen atoms in total. The van der Waals surface area contributed by atoms with Crippen LogP contribution in [0.1, 0.15) is 27.2 Å². The maximum Gasteiger partial charge on any atom is 0.129 e. The maximum atomic E-state index is 14.0. The Morgan fingerprint density at radius 2 is 2.08 bits per heavy atom. The fourth-order valence-electron chi connectivity index (χ4n) is 1.78. The van der Waals surface area contributed by atoms with E-state index in [0.29, 0.717) is 6.54 Å². The van der Waals surface area contributed by atoms with Crippen LogP contribution in [-0.2, 0) is 0 Å². The van der Waals surface area contributed by atoms with Crippen LogP contribution in [0, 0.1) is 5.41 Å². The summed E-state index contributed by atoms with van der Waals surface area (Å²) in [5.74, 6) is 0. The van der Waals surface area contributed by atoms with E-state index in [2.05, 4.69) is 11.9 Å². The molecule has 1 aliphatic rings. The van der Waals surface area contributed by atoms with Crippen molar-refractivity contribution in [2.45, 2.75) is 32.9 Å². The SMILES string of the molecule is C=C(C)C1(C)CCNCC1(C)F. The summed E-state index contributed by atoms with van der Waals surface area (Å²) < 4.78 is 14.0. The summed E-state index contributed by atoms with van der Waals surface area (Å²) in [5, 5.41) is 3.07. The Morgan fingerprint density at radius 1 is 1.50 bits per heavy atom. The molecule has 0 spiro atoms. The summed E-state index contributed by atoms with van der Waals surface area (Å²) in [6.07, 6.45) is 0.843. The van der Waals surface area contributed by atoms with Crippen molar-refractivity contribution in [3.63, 3.8) is 0 Å². The first-order valence-corrected chi connectivity index (χ1v) is 4.46. The van der Waals surface area contributed by atoms with E-state index in [1.54, 1.807) is 6.92 Å². The van der Waals surface area contributed by atoms with E-state index in [4.69, 9.17) is 0 Å². The van der Waals surface area contributed by atoms with Gasteiger partial charge in [-0.05, 0) is 26.8 Å². The first kappa shape index (κ1) is 9.72. The lowest BCUT2D eigenvalue weighted by Gasteiger charge is -2.45. The van der Waals surface area contributed by atoms with Gasteiger partial charge in [0.15, 0.2) is 0 Å². The molecule has 12 heavy (non-hydrogen) atoms. The summed E-state index contributed by atoms with van der Waals surface area (Å²) in [6, 6.07) is 0. The van der Waals surface area contributed by atoms with Crippen molar-refractivity contribution in [2.24, 2.45) is 5.41 Å². The van der Waals surface area contributed by atoms with Gasteiger partial charge in [-0.15, -0.1) is 0 Å². The van der Waals surface area contributed by atoms with Crippen molar-refractivity contribution in [3.05, 3.63) is 12.2 Å². The van der Waals surface area contributed by atoms with Crippen LogP contribution in [0.5, 0.6) is 0 Å². The number of nitrogens with one attached hydrogen (secondary N) is 1. The van der Waals surface area contributed by atoms with E-state index in [-0.39, 0.29) is 5.41 Å². The third-order valence-corrected chi connectivity index (χ3v) is 3.35. The molecule has 0 aromatic rings. The molecule has 1 fully saturated rings. The van der Waals surface area contributed by atoms with Gasteiger partial charge in [0.05, 0.1) is 0 Å². The number of rotatable bonds is 1. The van der Waals surface area contributed by atoms with Crippen LogP contribution in [0.15, 0.2) is 12.2 Å². The zero-order chi connectivity index (χ0) is 9.41. The Bertz CT molecular complexity index is 198. The van der Waals surface area contributed by atoms with Gasteiger partial charge < -0.3 is 5.32 Å². The summed E-state index contributed by atoms with van der Waals surface area (Å²) in [4.78, 5) is 0. The lowest BCUT2D eigenvalue weighted by atomic mass is 9.67. The predicted molar refractivity (Wildman–Crippen MR) is 49.9 cm³/mol. The molecule has 1 saturated heterocycles. The molecule has 0 saturated carbocycles. The summed E-state index contributed by atoms with van der Waals surface area (Å²) in [6.45, 7) is 10.8. The Hall–Kier alpha value is -0.370. The molecular formula is C10H18FN. The first-order valence-electron chi connectivity index (χ1n) is 4.46. The Balaban J connectivity index is 2.91. The van der Waals surface area contributed by atoms with Crippen LogP contribution in [0.4, 0.5) is 4.39 Å². The van der Waals surface area contributed by atoms with Crippen LogP contribution < -0.4 is 5.32 Å². The lowest BCUT2D eigenvalue weighted by Crippen LogP contribution is -2.54. The minimum absolute atomic E-state index is 0.349. The topological polar surface area (TPSA) is 12.0 Å². The van der Waals surface area contributed by atoms with Crippen LogP contribution in [0.2, 0.25) is 0 Å². The second kappa shape index (κ2) is 2.84. The number of allylic oxidation sites excluding steroid dienone is 1. The molecule has 1 heterocycles. The van der Waals surface area contributed by atoms with Gasteiger partial charge in [0.1, 0.15) is 5.67 Å². The molecule has 2 unspecified atom stereocenters. The van der Waals surface area contributed by atoms with E-state index < -0.39 is 5.67 Å². The van der Waals surface area contributed by atoms with Crippen LogP contribution in [0.25, 0.3) is 0 Å². The first-order chi connectivity index (χ1) is 5.40. The van der Waals surface area contributed by atoms with Gasteiger partial charge in [-0.3, -0.25) is 0 Å². The summed E-state index contributed by atoms with van der Waals surface area (Å²) in [7, 11) is 0. The monoisotopic (exact) mass is 171 g/mol. The Morgan fingerprint density at radius 3 is 2.42 bits per heavy atom. The van der Waals surface area contributed by atoms with Crippen molar-refractivity contribution in [2.75, 3.05) is 13.1 Å². The molecular weight excluding hydrogens is 153 g/mol. The molecule has 0 bridgehead atoms. The highest BCUT2D eigenvalue weighted by Crippen LogP contribution is 2.44. The molecule has 0 aromatic carbocycles. The number of piperidine rings is 1. The number of alkyl halides is 1. The average molecular weight is 171 g/mol. The molecule has 0 aliphatic carbocycles. The molecule has 1 N–H and O–H groups in total. The van der Waals surface area contributed by atoms with Gasteiger partial charge in [-0.1, -0.05) is 19.1 Å². The van der Waals surface area contributed by atoms with Crippen LogP contribution in [-0.4, -0.2) is 18.8 Å². The molecule has 70 valence electrons. The van der Waals surface area contributed by atoms with Crippen LogP contribution in [0.3, 0.4) is 0 Å². The van der Waals surface area contributed by atoms with Gasteiger partial charge >= 0.3 is 0 Å². The van der Waals surface area contributed by atoms with Gasteiger partial charge in [0.25, 0.3) is 0 Å². The normalized spacial score (nSPS) is 42.7. The zero-order valence-corrected chi connectivity index (χ0v) is 8.21. The van der Waals surface area contributed by atoms with Crippen molar-refractivity contribution in [3.8, 4) is 0 Å².